The van der Waals surface area contributed by atoms with Crippen molar-refractivity contribution < 1.29 is 9.53 Å². The second-order valence-corrected chi connectivity index (χ2v) is 5.63. The molecule has 3 aromatic rings. The molecule has 0 fully saturated rings. The number of rotatable bonds is 5. The van der Waals surface area contributed by atoms with Crippen LogP contribution in [-0.4, -0.2) is 29.2 Å². The maximum atomic E-state index is 12.2. The van der Waals surface area contributed by atoms with Crippen LogP contribution in [0.5, 0.6) is 5.75 Å². The third-order valence-electron chi connectivity index (χ3n) is 3.71. The Bertz CT molecular complexity index is 919. The number of ether oxygens (including phenoxy) is 1. The lowest BCUT2D eigenvalue weighted by atomic mass is 10.1. The number of benzene rings is 2. The minimum absolute atomic E-state index is 0.194. The van der Waals surface area contributed by atoms with Gasteiger partial charge in [0.2, 0.25) is 0 Å². The average molecular weight is 346 g/mol. The lowest BCUT2D eigenvalue weighted by Crippen LogP contribution is -2.19. The third-order valence-corrected chi connectivity index (χ3v) is 3.71. The van der Waals surface area contributed by atoms with E-state index in [1.807, 2.05) is 55.5 Å². The van der Waals surface area contributed by atoms with Crippen molar-refractivity contribution in [1.29, 1.82) is 0 Å². The molecule has 0 spiro atoms. The molecule has 1 heterocycles. The number of hydrogen-bond acceptors (Lipinski definition) is 5. The highest BCUT2D eigenvalue weighted by molar-refractivity contribution is 5.93. The Labute approximate surface area is 151 Å². The minimum Gasteiger partial charge on any atom is -0.497 e. The van der Waals surface area contributed by atoms with Crippen LogP contribution >= 0.6 is 0 Å². The van der Waals surface area contributed by atoms with Crippen LogP contribution in [0.1, 0.15) is 21.6 Å². The van der Waals surface area contributed by atoms with Gasteiger partial charge in [0.05, 0.1) is 31.4 Å². The van der Waals surface area contributed by atoms with E-state index in [1.165, 1.54) is 6.20 Å². The fraction of sp³-hybridized carbons (Fsp3) is 0.100. The van der Waals surface area contributed by atoms with Gasteiger partial charge in [-0.05, 0) is 36.8 Å². The van der Waals surface area contributed by atoms with Crippen LogP contribution in [0.25, 0.3) is 11.3 Å². The Hall–Kier alpha value is -3.54. The molecule has 26 heavy (non-hydrogen) atoms. The van der Waals surface area contributed by atoms with Crippen molar-refractivity contribution in [2.24, 2.45) is 5.10 Å². The first-order chi connectivity index (χ1) is 12.7. The summed E-state index contributed by atoms with van der Waals surface area (Å²) in [4.78, 5) is 20.7. The van der Waals surface area contributed by atoms with Crippen LogP contribution in [-0.2, 0) is 0 Å². The van der Waals surface area contributed by atoms with E-state index in [2.05, 4.69) is 20.5 Å². The summed E-state index contributed by atoms with van der Waals surface area (Å²) in [5, 5.41) is 3.96. The van der Waals surface area contributed by atoms with Crippen molar-refractivity contribution in [2.75, 3.05) is 7.11 Å². The Morgan fingerprint density at radius 2 is 1.81 bits per heavy atom. The van der Waals surface area contributed by atoms with E-state index in [9.17, 15) is 4.79 Å². The first-order valence-electron chi connectivity index (χ1n) is 8.02. The third kappa shape index (κ3) is 4.30. The van der Waals surface area contributed by atoms with Gasteiger partial charge in [0.15, 0.2) is 0 Å². The van der Waals surface area contributed by atoms with E-state index in [0.717, 1.165) is 22.4 Å². The fourth-order valence-corrected chi connectivity index (χ4v) is 2.25. The first kappa shape index (κ1) is 17.3. The van der Waals surface area contributed by atoms with Crippen LogP contribution in [0.3, 0.4) is 0 Å². The Morgan fingerprint density at radius 3 is 2.50 bits per heavy atom. The molecule has 0 unspecified atom stereocenters. The molecule has 0 saturated carbocycles. The van der Waals surface area contributed by atoms with E-state index >= 15 is 0 Å². The van der Waals surface area contributed by atoms with Crippen molar-refractivity contribution in [3.8, 4) is 17.0 Å². The molecule has 0 aliphatic rings. The molecule has 0 aliphatic heterocycles. The smallest absolute Gasteiger partial charge is 0.291 e. The molecular formula is C20H18N4O2. The summed E-state index contributed by atoms with van der Waals surface area (Å²) < 4.78 is 5.14. The van der Waals surface area contributed by atoms with E-state index in [4.69, 9.17) is 4.74 Å². The number of nitrogens with zero attached hydrogens (tertiary/aromatic N) is 3. The van der Waals surface area contributed by atoms with E-state index in [-0.39, 0.29) is 5.69 Å². The largest absolute Gasteiger partial charge is 0.497 e. The van der Waals surface area contributed by atoms with Gasteiger partial charge >= 0.3 is 0 Å². The van der Waals surface area contributed by atoms with E-state index in [0.29, 0.717) is 5.69 Å². The van der Waals surface area contributed by atoms with Crippen LogP contribution in [0, 0.1) is 6.92 Å². The summed E-state index contributed by atoms with van der Waals surface area (Å²) in [5.74, 6) is 0.331. The van der Waals surface area contributed by atoms with E-state index < -0.39 is 5.91 Å². The number of nitrogens with one attached hydrogen (secondary N) is 1. The van der Waals surface area contributed by atoms with E-state index in [1.54, 1.807) is 19.5 Å². The maximum Gasteiger partial charge on any atom is 0.291 e. The molecule has 0 radical (unpaired) electrons. The Balaban J connectivity index is 1.70. The van der Waals surface area contributed by atoms with Gasteiger partial charge in [0.1, 0.15) is 11.4 Å². The highest BCUT2D eigenvalue weighted by Gasteiger charge is 2.09. The summed E-state index contributed by atoms with van der Waals surface area (Å²) in [6, 6.07) is 15.2. The van der Waals surface area contributed by atoms with Crippen LogP contribution < -0.4 is 10.2 Å². The number of aromatic nitrogens is 2. The van der Waals surface area contributed by atoms with Crippen LogP contribution in [0.15, 0.2) is 66.0 Å². The zero-order chi connectivity index (χ0) is 18.4. The molecule has 2 aromatic carbocycles. The molecule has 1 aromatic heterocycles. The standard InChI is InChI=1S/C20H18N4O2/c1-14-3-5-15(6-4-14)11-22-24-20(25)19-13-21-12-18(23-19)16-7-9-17(26-2)10-8-16/h3-13H,1-2H3,(H,24,25)/b22-11+. The SMILES string of the molecule is COc1ccc(-c2cncc(C(=O)N/N=C/c3ccc(C)cc3)n2)cc1. The van der Waals surface area contributed by atoms with Gasteiger partial charge in [-0.3, -0.25) is 9.78 Å². The van der Waals surface area contributed by atoms with Crippen molar-refractivity contribution in [2.45, 2.75) is 6.92 Å². The van der Waals surface area contributed by atoms with Crippen molar-refractivity contribution in [3.05, 3.63) is 77.7 Å². The monoisotopic (exact) mass is 346 g/mol. The van der Waals surface area contributed by atoms with Gasteiger partial charge in [-0.15, -0.1) is 0 Å². The molecule has 6 nitrogen and oxygen atoms in total. The topological polar surface area (TPSA) is 76.5 Å². The number of hydrazone groups is 1. The molecule has 1 N–H and O–H groups in total. The quantitative estimate of drug-likeness (QED) is 0.568. The zero-order valence-electron chi connectivity index (χ0n) is 14.5. The zero-order valence-corrected chi connectivity index (χ0v) is 14.5. The fourth-order valence-electron chi connectivity index (χ4n) is 2.25. The lowest BCUT2D eigenvalue weighted by molar-refractivity contribution is 0.0950. The first-order valence-corrected chi connectivity index (χ1v) is 8.02. The number of amides is 1. The number of aryl methyl sites for hydroxylation is 1. The predicted molar refractivity (Wildman–Crippen MR) is 100 cm³/mol. The Morgan fingerprint density at radius 1 is 1.08 bits per heavy atom. The van der Waals surface area contributed by atoms with Gasteiger partial charge in [0.25, 0.3) is 5.91 Å². The summed E-state index contributed by atoms with van der Waals surface area (Å²) in [5.41, 5.74) is 6.17. The van der Waals surface area contributed by atoms with Crippen molar-refractivity contribution in [3.63, 3.8) is 0 Å². The van der Waals surface area contributed by atoms with Crippen LogP contribution in [0.2, 0.25) is 0 Å². The average Bonchev–Trinajstić information content (AvgIpc) is 2.69. The molecule has 0 aliphatic carbocycles. The number of hydrogen-bond donors (Lipinski definition) is 1. The van der Waals surface area contributed by atoms with Gasteiger partial charge in [-0.2, -0.15) is 5.10 Å². The second-order valence-electron chi connectivity index (χ2n) is 5.63. The number of methoxy groups -OCH3 is 1. The summed E-state index contributed by atoms with van der Waals surface area (Å²) in [7, 11) is 1.61. The summed E-state index contributed by atoms with van der Waals surface area (Å²) >= 11 is 0. The Kier molecular flexibility index (Phi) is 5.34. The minimum atomic E-state index is -0.420. The molecule has 3 rings (SSSR count). The van der Waals surface area contributed by atoms with Gasteiger partial charge in [-0.1, -0.05) is 29.8 Å². The van der Waals surface area contributed by atoms with Gasteiger partial charge in [0, 0.05) is 5.56 Å². The van der Waals surface area contributed by atoms with Crippen molar-refractivity contribution >= 4 is 12.1 Å². The van der Waals surface area contributed by atoms with Crippen LogP contribution in [0.4, 0.5) is 0 Å². The summed E-state index contributed by atoms with van der Waals surface area (Å²) in [6.45, 7) is 2.01. The highest BCUT2D eigenvalue weighted by Crippen LogP contribution is 2.20. The molecular weight excluding hydrogens is 328 g/mol. The van der Waals surface area contributed by atoms with Gasteiger partial charge < -0.3 is 4.74 Å². The van der Waals surface area contributed by atoms with Crippen molar-refractivity contribution in [1.82, 2.24) is 15.4 Å². The normalized spacial score (nSPS) is 10.7. The highest BCUT2D eigenvalue weighted by atomic mass is 16.5. The molecule has 6 heteroatoms. The van der Waals surface area contributed by atoms with Gasteiger partial charge in [-0.25, -0.2) is 10.4 Å². The molecule has 130 valence electrons. The lowest BCUT2D eigenvalue weighted by Gasteiger charge is -2.04. The molecule has 0 saturated heterocycles. The molecule has 0 atom stereocenters. The molecule has 0 bridgehead atoms. The predicted octanol–water partition coefficient (Wildman–Crippen LogP) is 3.22. The number of carbonyl (C=O) groups excluding carboxylic acids is 1. The second kappa shape index (κ2) is 8.02. The number of carbonyl (C=O) groups is 1. The molecule has 1 amide bonds. The maximum absolute atomic E-state index is 12.2. The summed E-state index contributed by atoms with van der Waals surface area (Å²) in [6.07, 6.45) is 4.59.